The van der Waals surface area contributed by atoms with Crippen LogP contribution in [0.4, 0.5) is 0 Å². The largest absolute Gasteiger partial charge is 0.379 e. The van der Waals surface area contributed by atoms with E-state index < -0.39 is 10.1 Å². The Morgan fingerprint density at radius 1 is 1.19 bits per heavy atom. The number of nitrogens with one attached hydrogen (secondary N) is 1. The van der Waals surface area contributed by atoms with E-state index in [1.54, 1.807) is 29.2 Å². The highest BCUT2D eigenvalue weighted by Gasteiger charge is 2.38. The van der Waals surface area contributed by atoms with E-state index in [-0.39, 0.29) is 34.6 Å². The molecule has 2 heterocycles. The van der Waals surface area contributed by atoms with E-state index in [4.69, 9.17) is 4.18 Å². The van der Waals surface area contributed by atoms with Crippen molar-refractivity contribution in [3.8, 4) is 11.8 Å². The minimum Gasteiger partial charge on any atom is -0.379 e. The number of para-hydroxylation sites is 1. The van der Waals surface area contributed by atoms with E-state index in [1.165, 1.54) is 12.1 Å². The highest BCUT2D eigenvalue weighted by atomic mass is 32.2. The fourth-order valence-corrected chi connectivity index (χ4v) is 5.24. The maximum Gasteiger partial charge on any atom is 0.339 e. The zero-order valence-corrected chi connectivity index (χ0v) is 18.1. The lowest BCUT2D eigenvalue weighted by molar-refractivity contribution is -0.133. The number of nitrogens with zero attached hydrogens (tertiary/aromatic N) is 2. The van der Waals surface area contributed by atoms with Crippen LogP contribution in [0.5, 0.6) is 5.75 Å². The van der Waals surface area contributed by atoms with Crippen LogP contribution in [0.2, 0.25) is 0 Å². The van der Waals surface area contributed by atoms with Gasteiger partial charge >= 0.3 is 10.1 Å². The molecule has 2 aromatic carbocycles. The van der Waals surface area contributed by atoms with Gasteiger partial charge in [-0.05, 0) is 44.4 Å². The molecule has 31 heavy (non-hydrogen) atoms. The molecule has 1 amide bonds. The molecule has 4 rings (SSSR count). The quantitative estimate of drug-likeness (QED) is 0.719. The summed E-state index contributed by atoms with van der Waals surface area (Å²) in [7, 11) is -3.97. The fraction of sp³-hybridized carbons (Fsp3) is 0.391. The van der Waals surface area contributed by atoms with Gasteiger partial charge in [0, 0.05) is 24.6 Å². The van der Waals surface area contributed by atoms with Crippen molar-refractivity contribution in [2.75, 3.05) is 13.1 Å². The monoisotopic (exact) mass is 439 g/mol. The summed E-state index contributed by atoms with van der Waals surface area (Å²) < 4.78 is 31.0. The van der Waals surface area contributed by atoms with Gasteiger partial charge in [0.2, 0.25) is 5.91 Å². The van der Waals surface area contributed by atoms with Crippen LogP contribution in [0, 0.1) is 18.3 Å². The van der Waals surface area contributed by atoms with Gasteiger partial charge in [0.1, 0.15) is 16.7 Å². The van der Waals surface area contributed by atoms with Crippen molar-refractivity contribution in [2.45, 2.75) is 49.1 Å². The highest BCUT2D eigenvalue weighted by molar-refractivity contribution is 7.87. The van der Waals surface area contributed by atoms with Crippen LogP contribution in [-0.2, 0) is 14.9 Å². The molecule has 0 unspecified atom stereocenters. The predicted octanol–water partition coefficient (Wildman–Crippen LogP) is 2.72. The van der Waals surface area contributed by atoms with E-state index >= 15 is 0 Å². The molecule has 2 aromatic rings. The summed E-state index contributed by atoms with van der Waals surface area (Å²) in [4.78, 5) is 14.7. The molecule has 7 nitrogen and oxygen atoms in total. The molecule has 1 N–H and O–H groups in total. The van der Waals surface area contributed by atoms with E-state index in [0.717, 1.165) is 17.5 Å². The highest BCUT2D eigenvalue weighted by Crippen LogP contribution is 2.35. The minimum atomic E-state index is -3.97. The Labute approximate surface area is 182 Å². The summed E-state index contributed by atoms with van der Waals surface area (Å²) in [5, 5.41) is 12.5. The topological polar surface area (TPSA) is 99.5 Å². The van der Waals surface area contributed by atoms with E-state index in [1.807, 2.05) is 19.1 Å². The average molecular weight is 440 g/mol. The van der Waals surface area contributed by atoms with Crippen LogP contribution in [0.3, 0.4) is 0 Å². The Hall–Kier alpha value is -2.89. The standard InChI is InChI=1S/C23H25N3O4S/c1-16-8-10-19(11-9-16)31(28,29)30-22-7-3-2-6-20(22)17-13-21(25-15-17)23(27)26-12-4-5-18(26)14-24/h2-3,6-11,17-18,21,25H,4-5,12-13,15H2,1H3/t17-,18-,21-/m0/s1. The van der Waals surface area contributed by atoms with Crippen LogP contribution < -0.4 is 9.50 Å². The number of likely N-dealkylation sites (tertiary alicyclic amines) is 1. The zero-order chi connectivity index (χ0) is 22.0. The maximum atomic E-state index is 12.9. The van der Waals surface area contributed by atoms with Crippen molar-refractivity contribution in [3.63, 3.8) is 0 Å². The Balaban J connectivity index is 1.51. The van der Waals surface area contributed by atoms with Crippen LogP contribution in [-0.4, -0.2) is 44.4 Å². The Morgan fingerprint density at radius 3 is 2.68 bits per heavy atom. The van der Waals surface area contributed by atoms with Gasteiger partial charge in [-0.25, -0.2) is 0 Å². The molecule has 0 aromatic heterocycles. The predicted molar refractivity (Wildman–Crippen MR) is 115 cm³/mol. The fourth-order valence-electron chi connectivity index (χ4n) is 4.29. The number of hydrogen-bond acceptors (Lipinski definition) is 6. The average Bonchev–Trinajstić information content (AvgIpc) is 3.43. The summed E-state index contributed by atoms with van der Waals surface area (Å²) in [5.74, 6) is 0.151. The molecular formula is C23H25N3O4S. The Morgan fingerprint density at radius 2 is 1.94 bits per heavy atom. The van der Waals surface area contributed by atoms with Gasteiger partial charge in [0.25, 0.3) is 0 Å². The molecule has 0 aliphatic carbocycles. The summed E-state index contributed by atoms with van der Waals surface area (Å²) >= 11 is 0. The van der Waals surface area contributed by atoms with Gasteiger partial charge in [-0.1, -0.05) is 35.9 Å². The van der Waals surface area contributed by atoms with Crippen molar-refractivity contribution >= 4 is 16.0 Å². The van der Waals surface area contributed by atoms with Crippen molar-refractivity contribution in [2.24, 2.45) is 0 Å². The number of rotatable bonds is 5. The van der Waals surface area contributed by atoms with E-state index in [9.17, 15) is 18.5 Å². The summed E-state index contributed by atoms with van der Waals surface area (Å²) in [5.41, 5.74) is 1.71. The number of carbonyl (C=O) groups excluding carboxylic acids is 1. The number of amides is 1. The summed E-state index contributed by atoms with van der Waals surface area (Å²) in [6.45, 7) is 3.03. The Bertz CT molecular complexity index is 1110. The molecule has 0 bridgehead atoms. The third-order valence-corrected chi connectivity index (χ3v) is 7.23. The van der Waals surface area contributed by atoms with Gasteiger partial charge in [-0.15, -0.1) is 0 Å². The molecule has 162 valence electrons. The lowest BCUT2D eigenvalue weighted by Crippen LogP contribution is -2.45. The van der Waals surface area contributed by atoms with Gasteiger partial charge < -0.3 is 14.4 Å². The first-order chi connectivity index (χ1) is 14.9. The normalized spacial score (nSPS) is 23.5. The first-order valence-corrected chi connectivity index (χ1v) is 11.8. The number of hydrogen-bond donors (Lipinski definition) is 1. The van der Waals surface area contributed by atoms with Gasteiger partial charge in [-0.3, -0.25) is 4.79 Å². The molecule has 0 radical (unpaired) electrons. The van der Waals surface area contributed by atoms with Crippen LogP contribution in [0.15, 0.2) is 53.4 Å². The van der Waals surface area contributed by atoms with Crippen LogP contribution in [0.25, 0.3) is 0 Å². The maximum absolute atomic E-state index is 12.9. The molecule has 8 heteroatoms. The smallest absolute Gasteiger partial charge is 0.339 e. The van der Waals surface area contributed by atoms with E-state index in [2.05, 4.69) is 11.4 Å². The third kappa shape index (κ3) is 4.43. The molecule has 2 saturated heterocycles. The van der Waals surface area contributed by atoms with Crippen molar-refractivity contribution in [1.29, 1.82) is 5.26 Å². The van der Waals surface area contributed by atoms with Crippen LogP contribution >= 0.6 is 0 Å². The van der Waals surface area contributed by atoms with Crippen molar-refractivity contribution in [3.05, 3.63) is 59.7 Å². The third-order valence-electron chi connectivity index (χ3n) is 5.98. The Kier molecular flexibility index (Phi) is 5.99. The van der Waals surface area contributed by atoms with Gasteiger partial charge in [0.05, 0.1) is 12.1 Å². The van der Waals surface area contributed by atoms with Gasteiger partial charge in [0.15, 0.2) is 0 Å². The second kappa shape index (κ2) is 8.69. The number of carbonyl (C=O) groups is 1. The molecule has 2 aliphatic heterocycles. The molecule has 2 fully saturated rings. The second-order valence-electron chi connectivity index (χ2n) is 8.10. The molecular weight excluding hydrogens is 414 g/mol. The van der Waals surface area contributed by atoms with Crippen molar-refractivity contribution in [1.82, 2.24) is 10.2 Å². The zero-order valence-electron chi connectivity index (χ0n) is 17.3. The van der Waals surface area contributed by atoms with E-state index in [0.29, 0.717) is 25.9 Å². The molecule has 0 spiro atoms. The molecule has 3 atom stereocenters. The number of benzene rings is 2. The molecule has 0 saturated carbocycles. The lowest BCUT2D eigenvalue weighted by Gasteiger charge is -2.23. The van der Waals surface area contributed by atoms with Crippen molar-refractivity contribution < 1.29 is 17.4 Å². The number of aryl methyl sites for hydroxylation is 1. The summed E-state index contributed by atoms with van der Waals surface area (Å²) in [6.07, 6.45) is 2.08. The molecule has 2 aliphatic rings. The van der Waals surface area contributed by atoms with Crippen LogP contribution in [0.1, 0.15) is 36.3 Å². The SMILES string of the molecule is Cc1ccc(S(=O)(=O)Oc2ccccc2[C@@H]2CN[C@H](C(=O)N3CCC[C@H]3C#N)C2)cc1. The summed E-state index contributed by atoms with van der Waals surface area (Å²) in [6, 6.07) is 15.0. The second-order valence-corrected chi connectivity index (χ2v) is 9.65. The first-order valence-electron chi connectivity index (χ1n) is 10.4. The first kappa shape index (κ1) is 21.3. The van der Waals surface area contributed by atoms with Gasteiger partial charge in [-0.2, -0.15) is 13.7 Å². The lowest BCUT2D eigenvalue weighted by atomic mass is 9.95. The minimum absolute atomic E-state index is 0.0581. The number of nitriles is 1.